The second-order valence-electron chi connectivity index (χ2n) is 6.15. The molecule has 0 saturated carbocycles. The van der Waals surface area contributed by atoms with E-state index in [9.17, 15) is 4.79 Å². The van der Waals surface area contributed by atoms with Gasteiger partial charge in [-0.1, -0.05) is 17.8 Å². The van der Waals surface area contributed by atoms with E-state index in [1.54, 1.807) is 23.7 Å². The molecule has 1 fully saturated rings. The lowest BCUT2D eigenvalue weighted by molar-refractivity contribution is -0.129. The number of amides is 1. The van der Waals surface area contributed by atoms with Gasteiger partial charge in [0.15, 0.2) is 11.0 Å². The summed E-state index contributed by atoms with van der Waals surface area (Å²) < 4.78 is 1.92. The maximum absolute atomic E-state index is 12.8. The molecule has 26 heavy (non-hydrogen) atoms. The van der Waals surface area contributed by atoms with Crippen LogP contribution in [0.1, 0.15) is 23.8 Å². The molecule has 1 aliphatic heterocycles. The third-order valence-electron chi connectivity index (χ3n) is 4.54. The first-order valence-corrected chi connectivity index (χ1v) is 10.4. The molecule has 134 valence electrons. The van der Waals surface area contributed by atoms with Gasteiger partial charge in [0.05, 0.1) is 11.8 Å². The molecule has 1 aliphatic rings. The Morgan fingerprint density at radius 2 is 2.15 bits per heavy atom. The van der Waals surface area contributed by atoms with Crippen molar-refractivity contribution in [3.05, 3.63) is 46.9 Å². The molecule has 1 saturated heterocycles. The predicted octanol–water partition coefficient (Wildman–Crippen LogP) is 3.39. The number of carbonyl (C=O) groups is 1. The molecular weight excluding hydrogens is 366 g/mol. The lowest BCUT2D eigenvalue weighted by Gasteiger charge is -2.23. The Morgan fingerprint density at radius 1 is 1.31 bits per heavy atom. The van der Waals surface area contributed by atoms with Gasteiger partial charge in [-0.05, 0) is 36.4 Å². The molecule has 0 aliphatic carbocycles. The van der Waals surface area contributed by atoms with Gasteiger partial charge in [0.25, 0.3) is 0 Å². The number of aromatic nitrogens is 4. The monoisotopic (exact) mass is 385 g/mol. The van der Waals surface area contributed by atoms with Crippen LogP contribution in [0.2, 0.25) is 0 Å². The fraction of sp³-hybridized carbons (Fsp3) is 0.333. The Kier molecular flexibility index (Phi) is 5.03. The van der Waals surface area contributed by atoms with Crippen molar-refractivity contribution in [3.8, 4) is 11.4 Å². The standard InChI is InChI=1S/C18H19N5OS2/c1-22-17(13-6-8-19-9-7-13)20-21-18(22)26-12-16(24)23-10-2-4-14(23)15-5-3-11-25-15/h3,5-9,11,14H,2,4,10,12H2,1H3. The molecule has 3 aromatic heterocycles. The van der Waals surface area contributed by atoms with Crippen LogP contribution in [0.25, 0.3) is 11.4 Å². The molecule has 4 heterocycles. The largest absolute Gasteiger partial charge is 0.334 e. The zero-order chi connectivity index (χ0) is 17.9. The third kappa shape index (κ3) is 3.39. The van der Waals surface area contributed by atoms with Crippen molar-refractivity contribution in [1.82, 2.24) is 24.6 Å². The first-order valence-electron chi connectivity index (χ1n) is 8.49. The van der Waals surface area contributed by atoms with Gasteiger partial charge in [-0.3, -0.25) is 9.78 Å². The van der Waals surface area contributed by atoms with Crippen LogP contribution in [0, 0.1) is 0 Å². The van der Waals surface area contributed by atoms with Gasteiger partial charge in [-0.15, -0.1) is 21.5 Å². The van der Waals surface area contributed by atoms with Gasteiger partial charge in [-0.25, -0.2) is 0 Å². The van der Waals surface area contributed by atoms with Crippen LogP contribution < -0.4 is 0 Å². The predicted molar refractivity (Wildman–Crippen MR) is 103 cm³/mol. The Bertz CT molecular complexity index is 878. The summed E-state index contributed by atoms with van der Waals surface area (Å²) in [6.07, 6.45) is 5.58. The molecule has 1 amide bonds. The van der Waals surface area contributed by atoms with E-state index in [1.165, 1.54) is 16.6 Å². The van der Waals surface area contributed by atoms with Crippen molar-refractivity contribution >= 4 is 29.0 Å². The van der Waals surface area contributed by atoms with E-state index < -0.39 is 0 Å². The van der Waals surface area contributed by atoms with E-state index in [1.807, 2.05) is 28.6 Å². The molecular formula is C18H19N5OS2. The average molecular weight is 386 g/mol. The first-order chi connectivity index (χ1) is 12.7. The van der Waals surface area contributed by atoms with Crippen LogP contribution in [-0.2, 0) is 11.8 Å². The molecule has 4 rings (SSSR count). The fourth-order valence-corrected chi connectivity index (χ4v) is 4.91. The second-order valence-corrected chi connectivity index (χ2v) is 8.07. The number of likely N-dealkylation sites (tertiary alicyclic amines) is 1. The summed E-state index contributed by atoms with van der Waals surface area (Å²) in [6, 6.07) is 8.21. The van der Waals surface area contributed by atoms with E-state index >= 15 is 0 Å². The highest BCUT2D eigenvalue weighted by molar-refractivity contribution is 7.99. The van der Waals surface area contributed by atoms with Crippen LogP contribution in [0.4, 0.5) is 0 Å². The van der Waals surface area contributed by atoms with E-state index in [-0.39, 0.29) is 11.9 Å². The highest BCUT2D eigenvalue weighted by atomic mass is 32.2. The Hall–Kier alpha value is -2.19. The molecule has 6 nitrogen and oxygen atoms in total. The topological polar surface area (TPSA) is 63.9 Å². The summed E-state index contributed by atoms with van der Waals surface area (Å²) in [5.74, 6) is 1.32. The lowest BCUT2D eigenvalue weighted by Crippen LogP contribution is -2.31. The molecule has 0 bridgehead atoms. The van der Waals surface area contributed by atoms with Crippen LogP contribution in [0.15, 0.2) is 47.2 Å². The highest BCUT2D eigenvalue weighted by Crippen LogP contribution is 2.35. The summed E-state index contributed by atoms with van der Waals surface area (Å²) in [7, 11) is 1.92. The van der Waals surface area contributed by atoms with Crippen molar-refractivity contribution in [2.75, 3.05) is 12.3 Å². The Morgan fingerprint density at radius 3 is 2.92 bits per heavy atom. The molecule has 0 radical (unpaired) electrons. The normalized spacial score (nSPS) is 17.0. The summed E-state index contributed by atoms with van der Waals surface area (Å²) >= 11 is 3.17. The lowest BCUT2D eigenvalue weighted by atomic mass is 10.2. The number of hydrogen-bond acceptors (Lipinski definition) is 6. The van der Waals surface area contributed by atoms with E-state index in [4.69, 9.17) is 0 Å². The Balaban J connectivity index is 1.43. The second kappa shape index (κ2) is 7.59. The molecule has 1 unspecified atom stereocenters. The number of nitrogens with zero attached hydrogens (tertiary/aromatic N) is 5. The van der Waals surface area contributed by atoms with Crippen LogP contribution >= 0.6 is 23.1 Å². The molecule has 0 spiro atoms. The fourth-order valence-electron chi connectivity index (χ4n) is 3.24. The highest BCUT2D eigenvalue weighted by Gasteiger charge is 2.30. The number of rotatable bonds is 5. The minimum Gasteiger partial charge on any atom is -0.334 e. The summed E-state index contributed by atoms with van der Waals surface area (Å²) in [5, 5.41) is 11.3. The maximum atomic E-state index is 12.8. The quantitative estimate of drug-likeness (QED) is 0.630. The van der Waals surface area contributed by atoms with E-state index in [2.05, 4.69) is 32.7 Å². The van der Waals surface area contributed by atoms with E-state index in [0.717, 1.165) is 35.9 Å². The maximum Gasteiger partial charge on any atom is 0.233 e. The molecule has 0 N–H and O–H groups in total. The van der Waals surface area contributed by atoms with Crippen molar-refractivity contribution in [1.29, 1.82) is 0 Å². The summed E-state index contributed by atoms with van der Waals surface area (Å²) in [5.41, 5.74) is 0.963. The summed E-state index contributed by atoms with van der Waals surface area (Å²) in [6.45, 7) is 0.836. The smallest absolute Gasteiger partial charge is 0.233 e. The van der Waals surface area contributed by atoms with Gasteiger partial charge in [0.1, 0.15) is 0 Å². The van der Waals surface area contributed by atoms with Gasteiger partial charge in [0, 0.05) is 36.4 Å². The van der Waals surface area contributed by atoms with Crippen molar-refractivity contribution in [2.24, 2.45) is 7.05 Å². The molecule has 0 aromatic carbocycles. The van der Waals surface area contributed by atoms with Crippen LogP contribution in [0.5, 0.6) is 0 Å². The first kappa shape index (κ1) is 17.2. The van der Waals surface area contributed by atoms with Crippen molar-refractivity contribution in [3.63, 3.8) is 0 Å². The SMILES string of the molecule is Cn1c(SCC(=O)N2CCCC2c2cccs2)nnc1-c1ccncc1. The Labute approximate surface area is 160 Å². The zero-order valence-corrected chi connectivity index (χ0v) is 16.0. The van der Waals surface area contributed by atoms with Gasteiger partial charge in [-0.2, -0.15) is 0 Å². The van der Waals surface area contributed by atoms with Crippen LogP contribution in [0.3, 0.4) is 0 Å². The van der Waals surface area contributed by atoms with Crippen molar-refractivity contribution in [2.45, 2.75) is 24.0 Å². The van der Waals surface area contributed by atoms with Gasteiger partial charge >= 0.3 is 0 Å². The number of carbonyl (C=O) groups excluding carboxylic acids is 1. The third-order valence-corrected chi connectivity index (χ3v) is 6.52. The number of thiophene rings is 1. The molecule has 1 atom stereocenters. The minimum absolute atomic E-state index is 0.166. The zero-order valence-electron chi connectivity index (χ0n) is 14.4. The number of thioether (sulfide) groups is 1. The number of pyridine rings is 1. The van der Waals surface area contributed by atoms with Gasteiger partial charge in [0.2, 0.25) is 5.91 Å². The van der Waals surface area contributed by atoms with E-state index in [0.29, 0.717) is 5.75 Å². The van der Waals surface area contributed by atoms with Crippen LogP contribution in [-0.4, -0.2) is 42.9 Å². The number of hydrogen-bond donors (Lipinski definition) is 0. The summed E-state index contributed by atoms with van der Waals surface area (Å²) in [4.78, 5) is 20.1. The van der Waals surface area contributed by atoms with Crippen molar-refractivity contribution < 1.29 is 4.79 Å². The molecule has 8 heteroatoms. The molecule has 3 aromatic rings. The minimum atomic E-state index is 0.166. The van der Waals surface area contributed by atoms with Gasteiger partial charge < -0.3 is 9.47 Å². The average Bonchev–Trinajstić information content (AvgIpc) is 3.41.